The first-order valence-electron chi connectivity index (χ1n) is 7.85. The van der Waals surface area contributed by atoms with Crippen LogP contribution >= 0.6 is 23.1 Å². The SMILES string of the molecule is CCCn1c(SCC(=O)Nc2ccc(F)c(F)c2)nc2ccsc2c1=O. The van der Waals surface area contributed by atoms with Crippen molar-refractivity contribution in [3.8, 4) is 0 Å². The van der Waals surface area contributed by atoms with Crippen LogP contribution in [0.15, 0.2) is 39.6 Å². The van der Waals surface area contributed by atoms with E-state index in [1.807, 2.05) is 6.92 Å². The van der Waals surface area contributed by atoms with Crippen LogP contribution in [0.3, 0.4) is 0 Å². The van der Waals surface area contributed by atoms with E-state index in [1.54, 1.807) is 16.0 Å². The van der Waals surface area contributed by atoms with Crippen molar-refractivity contribution in [1.82, 2.24) is 9.55 Å². The standard InChI is InChI=1S/C17H15F2N3O2S2/c1-2-6-22-16(24)15-13(5-7-25-15)21-17(22)26-9-14(23)20-10-3-4-11(18)12(19)8-10/h3-5,7-8H,2,6,9H2,1H3,(H,20,23). The Hall–Kier alpha value is -2.26. The van der Waals surface area contributed by atoms with Gasteiger partial charge in [0.15, 0.2) is 16.8 Å². The molecule has 1 N–H and O–H groups in total. The third kappa shape index (κ3) is 3.94. The Labute approximate surface area is 156 Å². The molecule has 3 aromatic rings. The quantitative estimate of drug-likeness (QED) is 0.508. The topological polar surface area (TPSA) is 64.0 Å². The normalized spacial score (nSPS) is 11.0. The summed E-state index contributed by atoms with van der Waals surface area (Å²) in [6.07, 6.45) is 0.757. The zero-order valence-corrected chi connectivity index (χ0v) is 15.4. The van der Waals surface area contributed by atoms with Gasteiger partial charge >= 0.3 is 0 Å². The summed E-state index contributed by atoms with van der Waals surface area (Å²) in [5.41, 5.74) is 0.660. The maximum Gasteiger partial charge on any atom is 0.272 e. The fraction of sp³-hybridized carbons (Fsp3) is 0.235. The molecule has 9 heteroatoms. The molecule has 0 radical (unpaired) electrons. The van der Waals surface area contributed by atoms with Crippen molar-refractivity contribution in [3.63, 3.8) is 0 Å². The Kier molecular flexibility index (Phi) is 5.67. The van der Waals surface area contributed by atoms with E-state index in [-0.39, 0.29) is 17.0 Å². The maximum absolute atomic E-state index is 13.2. The fourth-order valence-electron chi connectivity index (χ4n) is 2.36. The number of nitrogens with zero attached hydrogens (tertiary/aromatic N) is 2. The molecule has 3 rings (SSSR count). The van der Waals surface area contributed by atoms with Gasteiger partial charge in [-0.25, -0.2) is 13.8 Å². The number of fused-ring (bicyclic) bond motifs is 1. The molecule has 0 atom stereocenters. The summed E-state index contributed by atoms with van der Waals surface area (Å²) >= 11 is 2.47. The first-order chi connectivity index (χ1) is 12.5. The molecular weight excluding hydrogens is 380 g/mol. The number of aromatic nitrogens is 2. The molecule has 0 saturated carbocycles. The Morgan fingerprint density at radius 2 is 2.12 bits per heavy atom. The monoisotopic (exact) mass is 395 g/mol. The molecule has 1 aromatic carbocycles. The highest BCUT2D eigenvalue weighted by Gasteiger charge is 2.14. The number of hydrogen-bond acceptors (Lipinski definition) is 5. The van der Waals surface area contributed by atoms with Gasteiger partial charge in [-0.15, -0.1) is 11.3 Å². The highest BCUT2D eigenvalue weighted by molar-refractivity contribution is 7.99. The second kappa shape index (κ2) is 7.96. The second-order valence-electron chi connectivity index (χ2n) is 5.45. The van der Waals surface area contributed by atoms with Crippen molar-refractivity contribution in [3.05, 3.63) is 51.6 Å². The summed E-state index contributed by atoms with van der Waals surface area (Å²) < 4.78 is 28.3. The lowest BCUT2D eigenvalue weighted by molar-refractivity contribution is -0.113. The highest BCUT2D eigenvalue weighted by Crippen LogP contribution is 2.21. The van der Waals surface area contributed by atoms with E-state index in [1.165, 1.54) is 17.4 Å². The van der Waals surface area contributed by atoms with Crippen molar-refractivity contribution >= 4 is 44.9 Å². The number of thioether (sulfide) groups is 1. The van der Waals surface area contributed by atoms with Gasteiger partial charge < -0.3 is 5.32 Å². The molecule has 0 spiro atoms. The molecule has 0 bridgehead atoms. The van der Waals surface area contributed by atoms with Crippen LogP contribution in [0.25, 0.3) is 10.2 Å². The molecule has 2 heterocycles. The van der Waals surface area contributed by atoms with Crippen LogP contribution in [0.4, 0.5) is 14.5 Å². The number of nitrogens with one attached hydrogen (secondary N) is 1. The second-order valence-corrected chi connectivity index (χ2v) is 7.31. The van der Waals surface area contributed by atoms with E-state index in [0.29, 0.717) is 21.9 Å². The molecule has 0 aliphatic rings. The van der Waals surface area contributed by atoms with Gasteiger partial charge in [-0.3, -0.25) is 14.2 Å². The number of benzene rings is 1. The van der Waals surface area contributed by atoms with Crippen molar-refractivity contribution in [2.75, 3.05) is 11.1 Å². The van der Waals surface area contributed by atoms with Gasteiger partial charge in [0.2, 0.25) is 5.91 Å². The van der Waals surface area contributed by atoms with E-state index < -0.39 is 17.5 Å². The zero-order chi connectivity index (χ0) is 18.7. The van der Waals surface area contributed by atoms with Gasteiger partial charge in [0, 0.05) is 18.3 Å². The lowest BCUT2D eigenvalue weighted by Crippen LogP contribution is -2.23. The van der Waals surface area contributed by atoms with E-state index >= 15 is 0 Å². The molecule has 26 heavy (non-hydrogen) atoms. The van der Waals surface area contributed by atoms with E-state index in [9.17, 15) is 18.4 Å². The Balaban J connectivity index is 1.76. The number of carbonyl (C=O) groups is 1. The number of amides is 1. The van der Waals surface area contributed by atoms with Crippen molar-refractivity contribution in [2.24, 2.45) is 0 Å². The number of anilines is 1. The van der Waals surface area contributed by atoms with Gasteiger partial charge in [0.25, 0.3) is 5.56 Å². The van der Waals surface area contributed by atoms with Crippen LogP contribution in [0, 0.1) is 11.6 Å². The van der Waals surface area contributed by atoms with Crippen LogP contribution in [0.5, 0.6) is 0 Å². The Morgan fingerprint density at radius 3 is 2.85 bits per heavy atom. The number of halogens is 2. The summed E-state index contributed by atoms with van der Waals surface area (Å²) in [5, 5.41) is 4.77. The predicted molar refractivity (Wildman–Crippen MR) is 99.9 cm³/mol. The van der Waals surface area contributed by atoms with Gasteiger partial charge in [0.1, 0.15) is 4.70 Å². The van der Waals surface area contributed by atoms with Crippen LogP contribution < -0.4 is 10.9 Å². The average Bonchev–Trinajstić information content (AvgIpc) is 3.08. The summed E-state index contributed by atoms with van der Waals surface area (Å²) in [6.45, 7) is 2.46. The molecule has 0 aliphatic heterocycles. The fourth-order valence-corrected chi connectivity index (χ4v) is 3.96. The minimum absolute atomic E-state index is 0.00913. The van der Waals surface area contributed by atoms with Crippen molar-refractivity contribution < 1.29 is 13.6 Å². The van der Waals surface area contributed by atoms with E-state index in [0.717, 1.165) is 30.3 Å². The largest absolute Gasteiger partial charge is 0.325 e. The molecule has 1 amide bonds. The molecule has 0 saturated heterocycles. The minimum Gasteiger partial charge on any atom is -0.325 e. The molecular formula is C17H15F2N3O2S2. The predicted octanol–water partition coefficient (Wildman–Crippen LogP) is 3.88. The summed E-state index contributed by atoms with van der Waals surface area (Å²) in [4.78, 5) is 29.1. The third-order valence-corrected chi connectivity index (χ3v) is 5.38. The number of thiophene rings is 1. The number of rotatable bonds is 6. The van der Waals surface area contributed by atoms with Crippen LogP contribution in [0.2, 0.25) is 0 Å². The summed E-state index contributed by atoms with van der Waals surface area (Å²) in [7, 11) is 0. The van der Waals surface area contributed by atoms with Crippen molar-refractivity contribution in [1.29, 1.82) is 0 Å². The van der Waals surface area contributed by atoms with Gasteiger partial charge in [-0.1, -0.05) is 18.7 Å². The number of carbonyl (C=O) groups excluding carboxylic acids is 1. The molecule has 0 fully saturated rings. The van der Waals surface area contributed by atoms with Crippen LogP contribution in [-0.4, -0.2) is 21.2 Å². The van der Waals surface area contributed by atoms with E-state index in [2.05, 4.69) is 10.3 Å². The first kappa shape index (κ1) is 18.5. The number of hydrogen-bond donors (Lipinski definition) is 1. The van der Waals surface area contributed by atoms with E-state index in [4.69, 9.17) is 0 Å². The van der Waals surface area contributed by atoms with Crippen LogP contribution in [0.1, 0.15) is 13.3 Å². The van der Waals surface area contributed by atoms with Gasteiger partial charge in [-0.05, 0) is 30.0 Å². The summed E-state index contributed by atoms with van der Waals surface area (Å²) in [5.74, 6) is -2.42. The lowest BCUT2D eigenvalue weighted by Gasteiger charge is -2.11. The average molecular weight is 395 g/mol. The zero-order valence-electron chi connectivity index (χ0n) is 13.8. The first-order valence-corrected chi connectivity index (χ1v) is 9.72. The Bertz CT molecular complexity index is 1020. The van der Waals surface area contributed by atoms with Crippen molar-refractivity contribution in [2.45, 2.75) is 25.0 Å². The van der Waals surface area contributed by atoms with Gasteiger partial charge in [0.05, 0.1) is 11.3 Å². The molecule has 2 aromatic heterocycles. The molecule has 0 unspecified atom stereocenters. The molecule has 136 valence electrons. The molecule has 5 nitrogen and oxygen atoms in total. The minimum atomic E-state index is -1.03. The van der Waals surface area contributed by atoms with Crippen LogP contribution in [-0.2, 0) is 11.3 Å². The highest BCUT2D eigenvalue weighted by atomic mass is 32.2. The van der Waals surface area contributed by atoms with Gasteiger partial charge in [-0.2, -0.15) is 0 Å². The lowest BCUT2D eigenvalue weighted by atomic mass is 10.3. The Morgan fingerprint density at radius 1 is 1.31 bits per heavy atom. The maximum atomic E-state index is 13.2. The third-order valence-electron chi connectivity index (χ3n) is 3.51. The smallest absolute Gasteiger partial charge is 0.272 e. The molecule has 0 aliphatic carbocycles. The summed E-state index contributed by atoms with van der Waals surface area (Å²) in [6, 6.07) is 4.91.